The van der Waals surface area contributed by atoms with Gasteiger partial charge in [0.1, 0.15) is 12.4 Å². The van der Waals surface area contributed by atoms with E-state index < -0.39 is 5.91 Å². The van der Waals surface area contributed by atoms with Gasteiger partial charge in [-0.2, -0.15) is 11.8 Å². The lowest BCUT2D eigenvalue weighted by Crippen LogP contribution is -2.38. The summed E-state index contributed by atoms with van der Waals surface area (Å²) in [5.41, 5.74) is 9.56. The van der Waals surface area contributed by atoms with Gasteiger partial charge in [-0.1, -0.05) is 18.2 Å². The van der Waals surface area contributed by atoms with Gasteiger partial charge in [0.05, 0.1) is 16.8 Å². The van der Waals surface area contributed by atoms with Crippen LogP contribution in [-0.2, 0) is 23.5 Å². The molecule has 2 N–H and O–H groups in total. The lowest BCUT2D eigenvalue weighted by Gasteiger charge is -2.31. The Morgan fingerprint density at radius 3 is 2.79 bits per heavy atom. The van der Waals surface area contributed by atoms with Crippen LogP contribution in [0.5, 0.6) is 0 Å². The SMILES string of the molecule is CSCc1nc2ccccc2n1CC(=O)N1CCCc2c(C(N)=O)cccc21. The second kappa shape index (κ2) is 7.67. The summed E-state index contributed by atoms with van der Waals surface area (Å²) < 4.78 is 2.00. The van der Waals surface area contributed by atoms with Crippen molar-refractivity contribution in [2.75, 3.05) is 17.7 Å². The molecule has 144 valence electrons. The molecule has 0 unspecified atom stereocenters. The maximum Gasteiger partial charge on any atom is 0.249 e. The van der Waals surface area contributed by atoms with Gasteiger partial charge in [-0.15, -0.1) is 0 Å². The fourth-order valence-corrected chi connectivity index (χ4v) is 4.35. The highest BCUT2D eigenvalue weighted by molar-refractivity contribution is 7.97. The third-order valence-electron chi connectivity index (χ3n) is 5.12. The molecule has 28 heavy (non-hydrogen) atoms. The number of rotatable bonds is 5. The summed E-state index contributed by atoms with van der Waals surface area (Å²) >= 11 is 1.68. The minimum Gasteiger partial charge on any atom is -0.366 e. The first kappa shape index (κ1) is 18.6. The quantitative estimate of drug-likeness (QED) is 0.721. The zero-order valence-corrected chi connectivity index (χ0v) is 16.5. The Bertz CT molecular complexity index is 1060. The number of imidazole rings is 1. The van der Waals surface area contributed by atoms with Crippen molar-refractivity contribution in [3.05, 3.63) is 59.4 Å². The minimum absolute atomic E-state index is 0.00641. The molecule has 7 heteroatoms. The summed E-state index contributed by atoms with van der Waals surface area (Å²) in [5, 5.41) is 0. The van der Waals surface area contributed by atoms with Crippen LogP contribution in [0.1, 0.15) is 28.2 Å². The molecule has 1 aromatic heterocycles. The summed E-state index contributed by atoms with van der Waals surface area (Å²) in [6.07, 6.45) is 3.59. The number of fused-ring (bicyclic) bond motifs is 2. The molecule has 0 bridgehead atoms. The van der Waals surface area contributed by atoms with Crippen molar-refractivity contribution in [1.29, 1.82) is 0 Å². The minimum atomic E-state index is -0.450. The predicted molar refractivity (Wildman–Crippen MR) is 113 cm³/mol. The molecule has 1 aliphatic rings. The highest BCUT2D eigenvalue weighted by Crippen LogP contribution is 2.30. The molecule has 3 aromatic rings. The van der Waals surface area contributed by atoms with Crippen LogP contribution in [-0.4, -0.2) is 34.2 Å². The average molecular weight is 395 g/mol. The Labute approximate surface area is 167 Å². The van der Waals surface area contributed by atoms with Crippen molar-refractivity contribution in [3.8, 4) is 0 Å². The molecule has 0 saturated heterocycles. The normalized spacial score (nSPS) is 13.5. The fourth-order valence-electron chi connectivity index (χ4n) is 3.88. The lowest BCUT2D eigenvalue weighted by molar-refractivity contribution is -0.119. The second-order valence-corrected chi connectivity index (χ2v) is 7.72. The Balaban J connectivity index is 1.70. The number of nitrogens with zero attached hydrogens (tertiary/aromatic N) is 3. The van der Waals surface area contributed by atoms with Gasteiger partial charge in [0, 0.05) is 17.8 Å². The molecule has 0 fully saturated rings. The highest BCUT2D eigenvalue weighted by atomic mass is 32.2. The van der Waals surface area contributed by atoms with Crippen LogP contribution in [0.15, 0.2) is 42.5 Å². The summed E-state index contributed by atoms with van der Waals surface area (Å²) in [4.78, 5) is 31.5. The molecule has 6 nitrogen and oxygen atoms in total. The van der Waals surface area contributed by atoms with E-state index in [0.717, 1.165) is 46.7 Å². The van der Waals surface area contributed by atoms with Crippen LogP contribution in [0.4, 0.5) is 5.69 Å². The van der Waals surface area contributed by atoms with Crippen LogP contribution >= 0.6 is 11.8 Å². The number of anilines is 1. The van der Waals surface area contributed by atoms with Crippen LogP contribution < -0.4 is 10.6 Å². The van der Waals surface area contributed by atoms with Crippen molar-refractivity contribution in [1.82, 2.24) is 9.55 Å². The van der Waals surface area contributed by atoms with E-state index in [9.17, 15) is 9.59 Å². The molecule has 2 aromatic carbocycles. The molecule has 0 radical (unpaired) electrons. The number of primary amides is 1. The molecule has 4 rings (SSSR count). The summed E-state index contributed by atoms with van der Waals surface area (Å²) in [5.74, 6) is 1.18. The van der Waals surface area contributed by atoms with E-state index in [0.29, 0.717) is 12.1 Å². The van der Waals surface area contributed by atoms with Gasteiger partial charge in [-0.25, -0.2) is 4.98 Å². The Morgan fingerprint density at radius 1 is 1.18 bits per heavy atom. The number of aromatic nitrogens is 2. The van der Waals surface area contributed by atoms with Crippen molar-refractivity contribution in [3.63, 3.8) is 0 Å². The molecule has 0 saturated carbocycles. The molecule has 0 spiro atoms. The molecule has 0 atom stereocenters. The number of amides is 2. The van der Waals surface area contributed by atoms with Gasteiger partial charge >= 0.3 is 0 Å². The Hall–Kier alpha value is -2.80. The molecule has 0 aliphatic carbocycles. The van der Waals surface area contributed by atoms with E-state index >= 15 is 0 Å². The van der Waals surface area contributed by atoms with E-state index in [1.54, 1.807) is 28.8 Å². The Morgan fingerprint density at radius 2 is 2.00 bits per heavy atom. The van der Waals surface area contributed by atoms with Gasteiger partial charge in [0.15, 0.2) is 0 Å². The second-order valence-electron chi connectivity index (χ2n) is 6.85. The molecule has 2 heterocycles. The van der Waals surface area contributed by atoms with Gasteiger partial charge < -0.3 is 15.2 Å². The van der Waals surface area contributed by atoms with Crippen LogP contribution in [0.2, 0.25) is 0 Å². The van der Waals surface area contributed by atoms with Gasteiger partial charge in [-0.05, 0) is 48.9 Å². The van der Waals surface area contributed by atoms with E-state index in [1.807, 2.05) is 41.2 Å². The van der Waals surface area contributed by atoms with Crippen LogP contribution in [0, 0.1) is 0 Å². The predicted octanol–water partition coefficient (Wildman–Crippen LogP) is 2.98. The lowest BCUT2D eigenvalue weighted by atomic mass is 9.96. The third kappa shape index (κ3) is 3.26. The summed E-state index contributed by atoms with van der Waals surface area (Å²) in [6.45, 7) is 0.856. The number of carbonyl (C=O) groups is 2. The van der Waals surface area contributed by atoms with Crippen molar-refractivity contribution >= 4 is 40.3 Å². The standard InChI is InChI=1S/C21H22N4O2S/c1-28-13-19-23-16-8-2-3-9-18(16)25(19)12-20(26)24-11-5-7-14-15(21(22)27)6-4-10-17(14)24/h2-4,6,8-10H,5,7,11-13H2,1H3,(H2,22,27). The number of thioether (sulfide) groups is 1. The first-order valence-corrected chi connectivity index (χ1v) is 10.6. The number of benzene rings is 2. The molecular formula is C21H22N4O2S. The topological polar surface area (TPSA) is 81.2 Å². The third-order valence-corrected chi connectivity index (χ3v) is 5.66. The largest absolute Gasteiger partial charge is 0.366 e. The highest BCUT2D eigenvalue weighted by Gasteiger charge is 2.26. The number of hydrogen-bond acceptors (Lipinski definition) is 4. The fraction of sp³-hybridized carbons (Fsp3) is 0.286. The Kier molecular flexibility index (Phi) is 5.09. The smallest absolute Gasteiger partial charge is 0.249 e. The van der Waals surface area contributed by atoms with Crippen molar-refractivity contribution in [2.24, 2.45) is 5.73 Å². The van der Waals surface area contributed by atoms with E-state index in [2.05, 4.69) is 0 Å². The number of para-hydroxylation sites is 2. The summed E-state index contributed by atoms with van der Waals surface area (Å²) in [6, 6.07) is 13.3. The molecule has 1 aliphatic heterocycles. The first-order chi connectivity index (χ1) is 13.6. The van der Waals surface area contributed by atoms with Crippen molar-refractivity contribution in [2.45, 2.75) is 25.1 Å². The van der Waals surface area contributed by atoms with Gasteiger partial charge in [-0.3, -0.25) is 9.59 Å². The molecule has 2 amide bonds. The van der Waals surface area contributed by atoms with Crippen molar-refractivity contribution < 1.29 is 9.59 Å². The maximum absolute atomic E-state index is 13.3. The average Bonchev–Trinajstić information content (AvgIpc) is 3.04. The van der Waals surface area contributed by atoms with Gasteiger partial charge in [0.25, 0.3) is 0 Å². The zero-order valence-electron chi connectivity index (χ0n) is 15.7. The van der Waals surface area contributed by atoms with Crippen LogP contribution in [0.3, 0.4) is 0 Å². The number of nitrogens with two attached hydrogens (primary N) is 1. The number of hydrogen-bond donors (Lipinski definition) is 1. The van der Waals surface area contributed by atoms with Crippen LogP contribution in [0.25, 0.3) is 11.0 Å². The monoisotopic (exact) mass is 394 g/mol. The first-order valence-electron chi connectivity index (χ1n) is 9.25. The molecular weight excluding hydrogens is 372 g/mol. The van der Waals surface area contributed by atoms with Gasteiger partial charge in [0.2, 0.25) is 11.8 Å². The summed E-state index contributed by atoms with van der Waals surface area (Å²) in [7, 11) is 0. The zero-order chi connectivity index (χ0) is 19.7. The maximum atomic E-state index is 13.3. The van der Waals surface area contributed by atoms with E-state index in [4.69, 9.17) is 10.7 Å². The van der Waals surface area contributed by atoms with E-state index in [1.165, 1.54) is 0 Å². The number of carbonyl (C=O) groups excluding carboxylic acids is 2. The van der Waals surface area contributed by atoms with E-state index in [-0.39, 0.29) is 12.5 Å².